The molecule has 0 amide bonds. The van der Waals surface area contributed by atoms with E-state index in [0.29, 0.717) is 39.3 Å². The number of nitrogens with zero attached hydrogens (tertiary/aromatic N) is 3. The van der Waals surface area contributed by atoms with Crippen LogP contribution < -0.4 is 5.56 Å². The molecule has 7 heteroatoms. The van der Waals surface area contributed by atoms with E-state index in [0.717, 1.165) is 11.3 Å². The summed E-state index contributed by atoms with van der Waals surface area (Å²) in [4.78, 5) is 22.0. The van der Waals surface area contributed by atoms with E-state index < -0.39 is 0 Å². The quantitative estimate of drug-likeness (QED) is 0.249. The molecule has 0 N–H and O–H groups in total. The first-order chi connectivity index (χ1) is 13.7. The molecule has 4 rings (SSSR count). The van der Waals surface area contributed by atoms with Crippen LogP contribution in [0.4, 0.5) is 0 Å². The number of fused-ring (bicyclic) bond motifs is 1. The highest BCUT2D eigenvalue weighted by atomic mass is 35.5. The van der Waals surface area contributed by atoms with Crippen LogP contribution in [0.25, 0.3) is 22.4 Å². The molecule has 140 valence electrons. The summed E-state index contributed by atoms with van der Waals surface area (Å²) in [5, 5.41) is 1.66. The van der Waals surface area contributed by atoms with Gasteiger partial charge in [-0.15, -0.1) is 6.58 Å². The Morgan fingerprint density at radius 2 is 2.00 bits per heavy atom. The number of allylic oxidation sites excluding steroid dienone is 1. The van der Waals surface area contributed by atoms with Gasteiger partial charge in [0.25, 0.3) is 5.56 Å². The number of benzene rings is 2. The first-order valence-corrected chi connectivity index (χ1v) is 9.95. The number of aromatic nitrogens is 3. The van der Waals surface area contributed by atoms with Gasteiger partial charge in [0.05, 0.1) is 16.6 Å². The number of halogens is 1. The van der Waals surface area contributed by atoms with Gasteiger partial charge >= 0.3 is 0 Å². The van der Waals surface area contributed by atoms with Crippen molar-refractivity contribution < 1.29 is 4.42 Å². The van der Waals surface area contributed by atoms with Crippen LogP contribution in [0.1, 0.15) is 5.69 Å². The zero-order chi connectivity index (χ0) is 19.5. The molecule has 0 aliphatic carbocycles. The summed E-state index contributed by atoms with van der Waals surface area (Å²) in [5.74, 6) is 1.09. The van der Waals surface area contributed by atoms with Crippen molar-refractivity contribution in [1.29, 1.82) is 0 Å². The van der Waals surface area contributed by atoms with Crippen LogP contribution in [-0.4, -0.2) is 14.5 Å². The lowest BCUT2D eigenvalue weighted by molar-refractivity contribution is 0.573. The fourth-order valence-electron chi connectivity index (χ4n) is 2.80. The first kappa shape index (κ1) is 18.5. The monoisotopic (exact) mass is 409 g/mol. The summed E-state index contributed by atoms with van der Waals surface area (Å²) in [7, 11) is 0. The van der Waals surface area contributed by atoms with Crippen LogP contribution >= 0.6 is 23.4 Å². The second-order valence-electron chi connectivity index (χ2n) is 6.06. The van der Waals surface area contributed by atoms with Crippen molar-refractivity contribution >= 4 is 34.3 Å². The molecule has 0 atom stereocenters. The lowest BCUT2D eigenvalue weighted by Crippen LogP contribution is -2.22. The maximum Gasteiger partial charge on any atom is 0.262 e. The predicted octanol–water partition coefficient (Wildman–Crippen LogP) is 5.18. The second kappa shape index (κ2) is 8.04. The number of rotatable bonds is 6. The van der Waals surface area contributed by atoms with Crippen molar-refractivity contribution in [3.63, 3.8) is 0 Å². The fourth-order valence-corrected chi connectivity index (χ4v) is 3.85. The van der Waals surface area contributed by atoms with Crippen molar-refractivity contribution in [3.05, 3.63) is 88.5 Å². The topological polar surface area (TPSA) is 60.9 Å². The highest BCUT2D eigenvalue weighted by Gasteiger charge is 2.13. The lowest BCUT2D eigenvalue weighted by Gasteiger charge is -2.11. The molecular formula is C21H16ClN3O2S. The van der Waals surface area contributed by atoms with Gasteiger partial charge in [-0.1, -0.05) is 47.6 Å². The number of hydrogen-bond acceptors (Lipinski definition) is 5. The van der Waals surface area contributed by atoms with Gasteiger partial charge in [-0.05, 0) is 30.3 Å². The number of hydrogen-bond donors (Lipinski definition) is 0. The standard InChI is InChI=1S/C21H16ClN3O2S/c1-2-10-25-20(26)17-9-8-15(22)11-18(17)24-21(25)28-13-16-12-27-19(23-16)14-6-4-3-5-7-14/h2-9,11-12H,1,10,13H2. The summed E-state index contributed by atoms with van der Waals surface area (Å²) in [6.07, 6.45) is 3.31. The van der Waals surface area contributed by atoms with Gasteiger partial charge in [-0.2, -0.15) is 0 Å². The van der Waals surface area contributed by atoms with E-state index >= 15 is 0 Å². The molecule has 0 saturated carbocycles. The number of oxazole rings is 1. The van der Waals surface area contributed by atoms with Crippen LogP contribution in [-0.2, 0) is 12.3 Å². The Hall–Kier alpha value is -2.83. The van der Waals surface area contributed by atoms with Crippen LogP contribution in [0.3, 0.4) is 0 Å². The van der Waals surface area contributed by atoms with E-state index in [9.17, 15) is 4.79 Å². The Bertz CT molecular complexity index is 1200. The number of thioether (sulfide) groups is 1. The summed E-state index contributed by atoms with van der Waals surface area (Å²) in [5.41, 5.74) is 2.15. The van der Waals surface area contributed by atoms with Gasteiger partial charge in [0.1, 0.15) is 6.26 Å². The molecule has 0 aliphatic rings. The molecule has 0 aliphatic heterocycles. The van der Waals surface area contributed by atoms with E-state index in [1.165, 1.54) is 11.8 Å². The maximum absolute atomic E-state index is 12.8. The maximum atomic E-state index is 12.8. The van der Waals surface area contributed by atoms with Gasteiger partial charge in [0.2, 0.25) is 5.89 Å². The van der Waals surface area contributed by atoms with Crippen LogP contribution in [0.15, 0.2) is 81.8 Å². The molecule has 28 heavy (non-hydrogen) atoms. The Balaban J connectivity index is 1.64. The highest BCUT2D eigenvalue weighted by Crippen LogP contribution is 2.25. The Morgan fingerprint density at radius 1 is 1.18 bits per heavy atom. The normalized spacial score (nSPS) is 11.0. The SMILES string of the molecule is C=CCn1c(SCc2coc(-c3ccccc3)n2)nc2cc(Cl)ccc2c1=O. The molecule has 2 aromatic carbocycles. The van der Waals surface area contributed by atoms with Gasteiger partial charge in [-0.3, -0.25) is 9.36 Å². The van der Waals surface area contributed by atoms with Gasteiger partial charge in [-0.25, -0.2) is 9.97 Å². The predicted molar refractivity (Wildman–Crippen MR) is 113 cm³/mol. The van der Waals surface area contributed by atoms with Crippen molar-refractivity contribution in [3.8, 4) is 11.5 Å². The molecular weight excluding hydrogens is 394 g/mol. The van der Waals surface area contributed by atoms with Crippen molar-refractivity contribution in [2.75, 3.05) is 0 Å². The molecule has 2 aromatic heterocycles. The largest absolute Gasteiger partial charge is 0.444 e. The van der Waals surface area contributed by atoms with E-state index in [1.54, 1.807) is 35.1 Å². The molecule has 0 bridgehead atoms. The summed E-state index contributed by atoms with van der Waals surface area (Å²) in [6.45, 7) is 4.12. The third-order valence-electron chi connectivity index (χ3n) is 4.12. The highest BCUT2D eigenvalue weighted by molar-refractivity contribution is 7.98. The smallest absolute Gasteiger partial charge is 0.262 e. The van der Waals surface area contributed by atoms with Crippen molar-refractivity contribution in [2.45, 2.75) is 17.5 Å². The van der Waals surface area contributed by atoms with Gasteiger partial charge in [0.15, 0.2) is 5.16 Å². The molecule has 0 fully saturated rings. The third-order valence-corrected chi connectivity index (χ3v) is 5.36. The summed E-state index contributed by atoms with van der Waals surface area (Å²) < 4.78 is 7.18. The lowest BCUT2D eigenvalue weighted by atomic mass is 10.2. The molecule has 0 unspecified atom stereocenters. The van der Waals surface area contributed by atoms with E-state index in [2.05, 4.69) is 16.5 Å². The summed E-state index contributed by atoms with van der Waals surface area (Å²) >= 11 is 7.49. The molecule has 0 spiro atoms. The Morgan fingerprint density at radius 3 is 2.79 bits per heavy atom. The van der Waals surface area contributed by atoms with Crippen LogP contribution in [0, 0.1) is 0 Å². The zero-order valence-corrected chi connectivity index (χ0v) is 16.4. The molecule has 0 radical (unpaired) electrons. The minimum atomic E-state index is -0.116. The van der Waals surface area contributed by atoms with Crippen LogP contribution in [0.5, 0.6) is 0 Å². The molecule has 5 nitrogen and oxygen atoms in total. The average Bonchev–Trinajstić information content (AvgIpc) is 3.18. The van der Waals surface area contributed by atoms with Crippen molar-refractivity contribution in [2.24, 2.45) is 0 Å². The van der Waals surface area contributed by atoms with Crippen LogP contribution in [0.2, 0.25) is 5.02 Å². The summed E-state index contributed by atoms with van der Waals surface area (Å²) in [6, 6.07) is 14.8. The first-order valence-electron chi connectivity index (χ1n) is 8.59. The van der Waals surface area contributed by atoms with Gasteiger partial charge in [0, 0.05) is 22.9 Å². The molecule has 0 saturated heterocycles. The van der Waals surface area contributed by atoms with E-state index in [4.69, 9.17) is 16.0 Å². The van der Waals surface area contributed by atoms with E-state index in [-0.39, 0.29) is 5.56 Å². The van der Waals surface area contributed by atoms with Gasteiger partial charge < -0.3 is 4.42 Å². The Labute approximate surface area is 170 Å². The minimum Gasteiger partial charge on any atom is -0.444 e. The Kier molecular flexibility index (Phi) is 5.32. The molecule has 2 heterocycles. The second-order valence-corrected chi connectivity index (χ2v) is 7.44. The third kappa shape index (κ3) is 3.74. The minimum absolute atomic E-state index is 0.116. The average molecular weight is 410 g/mol. The van der Waals surface area contributed by atoms with Crippen molar-refractivity contribution in [1.82, 2.24) is 14.5 Å². The fraction of sp³-hybridized carbons (Fsp3) is 0.0952. The molecule has 4 aromatic rings. The van der Waals surface area contributed by atoms with E-state index in [1.807, 2.05) is 30.3 Å². The zero-order valence-electron chi connectivity index (χ0n) is 14.8.